The third-order valence-corrected chi connectivity index (χ3v) is 3.18. The van der Waals surface area contributed by atoms with Crippen LogP contribution in [-0.4, -0.2) is 15.9 Å². The largest absolute Gasteiger partial charge is 0.502 e. The summed E-state index contributed by atoms with van der Waals surface area (Å²) in [7, 11) is 0. The molecule has 0 heterocycles. The van der Waals surface area contributed by atoms with Crippen molar-refractivity contribution in [3.8, 4) is 5.75 Å². The summed E-state index contributed by atoms with van der Waals surface area (Å²) in [5.41, 5.74) is -0.131. The monoisotopic (exact) mass is 326 g/mol. The van der Waals surface area contributed by atoms with E-state index < -0.39 is 22.3 Å². The molecule has 0 fully saturated rings. The molecule has 0 saturated carbocycles. The molecule has 1 amide bonds. The number of nitro benzene ring substituents is 1. The number of phenolic OH excluding ortho intramolecular Hbond substituents is 1. The van der Waals surface area contributed by atoms with Crippen LogP contribution in [0.15, 0.2) is 36.4 Å². The molecule has 2 N–H and O–H groups in total. The van der Waals surface area contributed by atoms with Gasteiger partial charge in [0.15, 0.2) is 5.75 Å². The van der Waals surface area contributed by atoms with Crippen molar-refractivity contribution >= 4 is 40.5 Å². The van der Waals surface area contributed by atoms with E-state index in [1.807, 2.05) is 0 Å². The SMILES string of the molecule is O=C(Nc1cc(Cl)ccc1Cl)c1ccc([N+](=O)[O-])c(O)c1. The summed E-state index contributed by atoms with van der Waals surface area (Å²) in [5, 5.41) is 23.3. The Labute approximate surface area is 129 Å². The number of benzene rings is 2. The Kier molecular flexibility index (Phi) is 4.30. The number of rotatable bonds is 3. The fourth-order valence-electron chi connectivity index (χ4n) is 1.61. The highest BCUT2D eigenvalue weighted by Crippen LogP contribution is 2.28. The second-order valence-electron chi connectivity index (χ2n) is 4.04. The molecule has 21 heavy (non-hydrogen) atoms. The lowest BCUT2D eigenvalue weighted by Gasteiger charge is -2.08. The first-order chi connectivity index (χ1) is 9.88. The lowest BCUT2D eigenvalue weighted by atomic mass is 10.1. The van der Waals surface area contributed by atoms with E-state index in [9.17, 15) is 20.0 Å². The van der Waals surface area contributed by atoms with E-state index in [2.05, 4.69) is 5.32 Å². The van der Waals surface area contributed by atoms with E-state index in [1.54, 1.807) is 6.07 Å². The van der Waals surface area contributed by atoms with Gasteiger partial charge < -0.3 is 10.4 Å². The number of phenols is 1. The third kappa shape index (κ3) is 3.42. The number of carbonyl (C=O) groups excluding carboxylic acids is 1. The molecule has 2 aromatic rings. The maximum absolute atomic E-state index is 12.0. The highest BCUT2D eigenvalue weighted by molar-refractivity contribution is 6.35. The van der Waals surface area contributed by atoms with E-state index in [1.165, 1.54) is 18.2 Å². The lowest BCUT2D eigenvalue weighted by molar-refractivity contribution is -0.385. The number of halogens is 2. The molecule has 0 spiro atoms. The first kappa shape index (κ1) is 15.1. The van der Waals surface area contributed by atoms with Crippen molar-refractivity contribution in [1.82, 2.24) is 0 Å². The molecule has 2 aromatic carbocycles. The van der Waals surface area contributed by atoms with Crippen LogP contribution in [-0.2, 0) is 0 Å². The molecular weight excluding hydrogens is 319 g/mol. The van der Waals surface area contributed by atoms with E-state index in [0.29, 0.717) is 15.7 Å². The van der Waals surface area contributed by atoms with Crippen LogP contribution in [0.2, 0.25) is 10.0 Å². The Morgan fingerprint density at radius 2 is 1.90 bits per heavy atom. The van der Waals surface area contributed by atoms with Gasteiger partial charge in [-0.15, -0.1) is 0 Å². The number of hydrogen-bond acceptors (Lipinski definition) is 4. The topological polar surface area (TPSA) is 92.5 Å². The Morgan fingerprint density at radius 1 is 1.19 bits per heavy atom. The lowest BCUT2D eigenvalue weighted by Crippen LogP contribution is -2.12. The van der Waals surface area contributed by atoms with Gasteiger partial charge in [0, 0.05) is 16.7 Å². The molecule has 108 valence electrons. The summed E-state index contributed by atoms with van der Waals surface area (Å²) < 4.78 is 0. The number of nitrogens with zero attached hydrogens (tertiary/aromatic N) is 1. The Morgan fingerprint density at radius 3 is 2.52 bits per heavy atom. The standard InChI is InChI=1S/C13H8Cl2N2O4/c14-8-2-3-9(15)10(6-8)16-13(19)7-1-4-11(17(20)21)12(18)5-7/h1-6,18H,(H,16,19). The molecule has 0 aliphatic heterocycles. The van der Waals surface area contributed by atoms with Gasteiger partial charge in [0.2, 0.25) is 0 Å². The van der Waals surface area contributed by atoms with Gasteiger partial charge in [-0.05, 0) is 30.3 Å². The molecule has 0 saturated heterocycles. The number of carbonyl (C=O) groups is 1. The first-order valence-electron chi connectivity index (χ1n) is 5.62. The van der Waals surface area contributed by atoms with Crippen LogP contribution in [0.5, 0.6) is 5.75 Å². The summed E-state index contributed by atoms with van der Waals surface area (Å²) >= 11 is 11.7. The van der Waals surface area contributed by atoms with E-state index in [4.69, 9.17) is 23.2 Å². The zero-order valence-corrected chi connectivity index (χ0v) is 11.9. The van der Waals surface area contributed by atoms with E-state index >= 15 is 0 Å². The number of nitro groups is 1. The van der Waals surface area contributed by atoms with Crippen molar-refractivity contribution in [2.45, 2.75) is 0 Å². The molecule has 0 unspecified atom stereocenters. The predicted molar refractivity (Wildman–Crippen MR) is 79.2 cm³/mol. The zero-order valence-electron chi connectivity index (χ0n) is 10.3. The van der Waals surface area contributed by atoms with Gasteiger partial charge in [0.25, 0.3) is 5.91 Å². The smallest absolute Gasteiger partial charge is 0.310 e. The molecule has 8 heteroatoms. The number of amides is 1. The van der Waals surface area contributed by atoms with E-state index in [-0.39, 0.29) is 5.56 Å². The summed E-state index contributed by atoms with van der Waals surface area (Å²) in [6.45, 7) is 0. The fraction of sp³-hybridized carbons (Fsp3) is 0. The number of hydrogen-bond donors (Lipinski definition) is 2. The normalized spacial score (nSPS) is 10.2. The summed E-state index contributed by atoms with van der Waals surface area (Å²) in [6.07, 6.45) is 0. The van der Waals surface area contributed by atoms with E-state index in [0.717, 1.165) is 12.1 Å². The highest BCUT2D eigenvalue weighted by Gasteiger charge is 2.16. The van der Waals surface area contributed by atoms with Crippen molar-refractivity contribution in [2.24, 2.45) is 0 Å². The molecular formula is C13H8Cl2N2O4. The average molecular weight is 327 g/mol. The maximum Gasteiger partial charge on any atom is 0.310 e. The van der Waals surface area contributed by atoms with Crippen LogP contribution in [0.3, 0.4) is 0 Å². The van der Waals surface area contributed by atoms with Gasteiger partial charge >= 0.3 is 5.69 Å². The van der Waals surface area contributed by atoms with Crippen LogP contribution in [0.1, 0.15) is 10.4 Å². The quantitative estimate of drug-likeness (QED) is 0.661. The first-order valence-corrected chi connectivity index (χ1v) is 6.38. The van der Waals surface area contributed by atoms with Gasteiger partial charge in [-0.1, -0.05) is 23.2 Å². The van der Waals surface area contributed by atoms with Crippen molar-refractivity contribution < 1.29 is 14.8 Å². The second kappa shape index (κ2) is 5.99. The molecule has 0 aliphatic rings. The Bertz CT molecular complexity index is 734. The molecule has 0 aliphatic carbocycles. The minimum Gasteiger partial charge on any atom is -0.502 e. The van der Waals surface area contributed by atoms with Gasteiger partial charge in [0.05, 0.1) is 15.6 Å². The minimum atomic E-state index is -0.745. The predicted octanol–water partition coefficient (Wildman–Crippen LogP) is 3.86. The second-order valence-corrected chi connectivity index (χ2v) is 4.88. The Balaban J connectivity index is 2.26. The molecule has 2 rings (SSSR count). The highest BCUT2D eigenvalue weighted by atomic mass is 35.5. The van der Waals surface area contributed by atoms with Crippen molar-refractivity contribution in [2.75, 3.05) is 5.32 Å². The van der Waals surface area contributed by atoms with Crippen LogP contribution < -0.4 is 5.32 Å². The maximum atomic E-state index is 12.0. The van der Waals surface area contributed by atoms with Crippen molar-refractivity contribution in [1.29, 1.82) is 0 Å². The van der Waals surface area contributed by atoms with Crippen LogP contribution in [0.25, 0.3) is 0 Å². The molecule has 0 radical (unpaired) electrons. The van der Waals surface area contributed by atoms with Crippen molar-refractivity contribution in [3.63, 3.8) is 0 Å². The number of anilines is 1. The summed E-state index contributed by atoms with van der Waals surface area (Å²) in [4.78, 5) is 21.9. The van der Waals surface area contributed by atoms with Crippen LogP contribution in [0, 0.1) is 10.1 Å². The molecule has 0 bridgehead atoms. The fourth-order valence-corrected chi connectivity index (χ4v) is 1.94. The molecule has 0 atom stereocenters. The molecule has 6 nitrogen and oxygen atoms in total. The van der Waals surface area contributed by atoms with Gasteiger partial charge in [0.1, 0.15) is 0 Å². The van der Waals surface area contributed by atoms with Crippen LogP contribution >= 0.6 is 23.2 Å². The minimum absolute atomic E-state index is 0.0501. The summed E-state index contributed by atoms with van der Waals surface area (Å²) in [5.74, 6) is -1.17. The third-order valence-electron chi connectivity index (χ3n) is 2.61. The number of nitrogens with one attached hydrogen (secondary N) is 1. The molecule has 0 aromatic heterocycles. The summed E-state index contributed by atoms with van der Waals surface area (Å²) in [6, 6.07) is 7.83. The number of aromatic hydroxyl groups is 1. The Hall–Kier alpha value is -2.31. The van der Waals surface area contributed by atoms with Crippen LogP contribution in [0.4, 0.5) is 11.4 Å². The van der Waals surface area contributed by atoms with Crippen molar-refractivity contribution in [3.05, 3.63) is 62.1 Å². The van der Waals surface area contributed by atoms with Gasteiger partial charge in [-0.2, -0.15) is 0 Å². The average Bonchev–Trinajstić information content (AvgIpc) is 2.42. The van der Waals surface area contributed by atoms with Gasteiger partial charge in [-0.25, -0.2) is 0 Å². The van der Waals surface area contributed by atoms with Gasteiger partial charge in [-0.3, -0.25) is 14.9 Å². The zero-order chi connectivity index (χ0) is 15.6.